The molecular weight excluding hydrogens is 342 g/mol. The van der Waals surface area contributed by atoms with E-state index in [0.29, 0.717) is 17.6 Å². The zero-order chi connectivity index (χ0) is 18.8. The minimum Gasteiger partial charge on any atom is -0.394 e. The number of aliphatic hydroxyl groups excluding tert-OH is 2. The fourth-order valence-corrected chi connectivity index (χ4v) is 3.06. The van der Waals surface area contributed by atoms with Gasteiger partial charge in [0.05, 0.1) is 19.0 Å². The Morgan fingerprint density at radius 2 is 2.23 bits per heavy atom. The molecule has 3 heterocycles. The number of hydrogen-bond acceptors (Lipinski definition) is 9. The summed E-state index contributed by atoms with van der Waals surface area (Å²) < 4.78 is 7.28. The molecule has 1 aliphatic heterocycles. The number of nitrogens with one attached hydrogen (secondary N) is 1. The lowest BCUT2D eigenvalue weighted by Crippen LogP contribution is -2.51. The van der Waals surface area contributed by atoms with Gasteiger partial charge in [-0.1, -0.05) is 13.3 Å². The van der Waals surface area contributed by atoms with Crippen LogP contribution >= 0.6 is 0 Å². The Morgan fingerprint density at radius 1 is 1.46 bits per heavy atom. The summed E-state index contributed by atoms with van der Waals surface area (Å²) in [6.07, 6.45) is 1.17. The van der Waals surface area contributed by atoms with Crippen molar-refractivity contribution in [3.63, 3.8) is 0 Å². The van der Waals surface area contributed by atoms with Crippen LogP contribution in [0.5, 0.6) is 0 Å². The number of carbonyl (C=O) groups is 1. The van der Waals surface area contributed by atoms with E-state index in [1.807, 2.05) is 6.92 Å². The smallest absolute Gasteiger partial charge is 0.237 e. The number of nitrogens with zero attached hydrogens (tertiary/aromatic N) is 4. The monoisotopic (exact) mass is 365 g/mol. The number of anilines is 1. The third kappa shape index (κ3) is 3.21. The first kappa shape index (κ1) is 18.5. The topological polar surface area (TPSA) is 174 Å². The van der Waals surface area contributed by atoms with Crippen LogP contribution in [0.3, 0.4) is 0 Å². The summed E-state index contributed by atoms with van der Waals surface area (Å²) >= 11 is 0. The van der Waals surface area contributed by atoms with Crippen molar-refractivity contribution in [3.8, 4) is 0 Å². The van der Waals surface area contributed by atoms with E-state index in [2.05, 4.69) is 20.3 Å². The number of nitrogen functional groups attached to an aromatic ring is 1. The second kappa shape index (κ2) is 7.50. The molecular formula is C15H23N7O4. The van der Waals surface area contributed by atoms with Crippen LogP contribution in [0.4, 0.5) is 5.82 Å². The van der Waals surface area contributed by atoms with Crippen LogP contribution < -0.4 is 16.8 Å². The maximum atomic E-state index is 12.3. The lowest BCUT2D eigenvalue weighted by Gasteiger charge is -2.24. The lowest BCUT2D eigenvalue weighted by atomic mass is 10.1. The molecule has 11 heteroatoms. The van der Waals surface area contributed by atoms with Gasteiger partial charge in [-0.2, -0.15) is 0 Å². The van der Waals surface area contributed by atoms with Crippen molar-refractivity contribution < 1.29 is 19.7 Å². The van der Waals surface area contributed by atoms with Gasteiger partial charge in [0.25, 0.3) is 0 Å². The molecule has 2 unspecified atom stereocenters. The summed E-state index contributed by atoms with van der Waals surface area (Å²) in [7, 11) is 0. The molecule has 1 fully saturated rings. The first-order valence-corrected chi connectivity index (χ1v) is 8.41. The van der Waals surface area contributed by atoms with Crippen LogP contribution in [0.2, 0.25) is 0 Å². The molecule has 0 saturated carbocycles. The van der Waals surface area contributed by atoms with Crippen molar-refractivity contribution in [2.24, 2.45) is 5.73 Å². The SMILES string of the molecule is CCCC(N)C(=O)N[C@H]1C(O)[C@@H](CO)O[C@H]1n1cnc2c(N)ncnc21. The van der Waals surface area contributed by atoms with Crippen molar-refractivity contribution >= 4 is 22.9 Å². The van der Waals surface area contributed by atoms with Crippen LogP contribution in [-0.2, 0) is 9.53 Å². The Labute approximate surface area is 149 Å². The largest absolute Gasteiger partial charge is 0.394 e. The molecule has 7 N–H and O–H groups in total. The summed E-state index contributed by atoms with van der Waals surface area (Å²) in [5, 5.41) is 22.7. The first-order valence-electron chi connectivity index (χ1n) is 8.41. The number of imidazole rings is 1. The van der Waals surface area contributed by atoms with Crippen LogP contribution in [0.15, 0.2) is 12.7 Å². The third-order valence-corrected chi connectivity index (χ3v) is 4.46. The molecule has 11 nitrogen and oxygen atoms in total. The molecule has 0 spiro atoms. The van der Waals surface area contributed by atoms with E-state index >= 15 is 0 Å². The molecule has 0 aromatic carbocycles. The van der Waals surface area contributed by atoms with Crippen LogP contribution in [0.1, 0.15) is 26.0 Å². The van der Waals surface area contributed by atoms with Gasteiger partial charge in [-0.3, -0.25) is 9.36 Å². The van der Waals surface area contributed by atoms with E-state index in [9.17, 15) is 15.0 Å². The summed E-state index contributed by atoms with van der Waals surface area (Å²) in [4.78, 5) is 24.5. The number of rotatable bonds is 6. The average Bonchev–Trinajstić information content (AvgIpc) is 3.18. The van der Waals surface area contributed by atoms with E-state index < -0.39 is 43.0 Å². The van der Waals surface area contributed by atoms with Gasteiger partial charge >= 0.3 is 0 Å². The summed E-state index contributed by atoms with van der Waals surface area (Å²) in [6, 6.07) is -1.53. The summed E-state index contributed by atoms with van der Waals surface area (Å²) in [6.45, 7) is 1.52. The number of fused-ring (bicyclic) bond motifs is 1. The van der Waals surface area contributed by atoms with Gasteiger partial charge in [0, 0.05) is 0 Å². The molecule has 3 rings (SSSR count). The highest BCUT2D eigenvalue weighted by atomic mass is 16.5. The van der Waals surface area contributed by atoms with E-state index in [0.717, 1.165) is 6.42 Å². The highest BCUT2D eigenvalue weighted by molar-refractivity contribution is 5.82. The van der Waals surface area contributed by atoms with Crippen molar-refractivity contribution in [3.05, 3.63) is 12.7 Å². The van der Waals surface area contributed by atoms with E-state index in [1.54, 1.807) is 4.57 Å². The predicted molar refractivity (Wildman–Crippen MR) is 91.6 cm³/mol. The number of hydrogen-bond donors (Lipinski definition) is 5. The lowest BCUT2D eigenvalue weighted by molar-refractivity contribution is -0.124. The van der Waals surface area contributed by atoms with Gasteiger partial charge < -0.3 is 31.7 Å². The molecule has 5 atom stereocenters. The molecule has 2 aromatic heterocycles. The van der Waals surface area contributed by atoms with Gasteiger partial charge in [0.1, 0.15) is 30.1 Å². The molecule has 2 aromatic rings. The highest BCUT2D eigenvalue weighted by Crippen LogP contribution is 2.32. The zero-order valence-electron chi connectivity index (χ0n) is 14.3. The van der Waals surface area contributed by atoms with Gasteiger partial charge in [-0.15, -0.1) is 0 Å². The second-order valence-corrected chi connectivity index (χ2v) is 6.25. The fourth-order valence-electron chi connectivity index (χ4n) is 3.06. The van der Waals surface area contributed by atoms with Crippen molar-refractivity contribution in [2.75, 3.05) is 12.3 Å². The summed E-state index contributed by atoms with van der Waals surface area (Å²) in [5.41, 5.74) is 12.4. The number of aliphatic hydroxyl groups is 2. The van der Waals surface area contributed by atoms with Gasteiger partial charge in [0.2, 0.25) is 5.91 Å². The Kier molecular flexibility index (Phi) is 5.32. The molecule has 0 aliphatic carbocycles. The molecule has 1 amide bonds. The number of ether oxygens (including phenoxy) is 1. The van der Waals surface area contributed by atoms with Crippen molar-refractivity contribution in [1.29, 1.82) is 0 Å². The average molecular weight is 365 g/mol. The standard InChI is InChI=1S/C15H23N7O4/c1-2-3-7(16)14(25)21-9-11(24)8(4-23)26-15(9)22-6-20-10-12(17)18-5-19-13(10)22/h5-9,11,15,23-24H,2-4,16H2,1H3,(H,21,25)(H2,17,18,19)/t7?,8-,9+,11?,15-/m1/s1. The van der Waals surface area contributed by atoms with Gasteiger partial charge in [-0.25, -0.2) is 15.0 Å². The maximum Gasteiger partial charge on any atom is 0.237 e. The normalized spacial score (nSPS) is 26.9. The summed E-state index contributed by atoms with van der Waals surface area (Å²) in [5.74, 6) is -0.196. The number of nitrogens with two attached hydrogens (primary N) is 2. The van der Waals surface area contributed by atoms with Crippen LogP contribution in [-0.4, -0.2) is 66.5 Å². The number of amides is 1. The molecule has 1 saturated heterocycles. The van der Waals surface area contributed by atoms with Gasteiger partial charge in [-0.05, 0) is 6.42 Å². The van der Waals surface area contributed by atoms with Crippen LogP contribution in [0.25, 0.3) is 11.2 Å². The Hall–Kier alpha value is -2.34. The third-order valence-electron chi connectivity index (χ3n) is 4.46. The Bertz CT molecular complexity index is 782. The molecule has 0 bridgehead atoms. The molecule has 0 radical (unpaired) electrons. The number of carbonyl (C=O) groups excluding carboxylic acids is 1. The fraction of sp³-hybridized carbons (Fsp3) is 0.600. The molecule has 1 aliphatic rings. The van der Waals surface area contributed by atoms with Crippen molar-refractivity contribution in [2.45, 2.75) is 50.3 Å². The molecule has 142 valence electrons. The first-order chi connectivity index (χ1) is 12.5. The highest BCUT2D eigenvalue weighted by Gasteiger charge is 2.46. The molecule has 26 heavy (non-hydrogen) atoms. The number of aromatic nitrogens is 4. The Morgan fingerprint density at radius 3 is 2.92 bits per heavy atom. The Balaban J connectivity index is 1.92. The van der Waals surface area contributed by atoms with Crippen LogP contribution in [0, 0.1) is 0 Å². The minimum atomic E-state index is -1.13. The van der Waals surface area contributed by atoms with E-state index in [1.165, 1.54) is 12.7 Å². The predicted octanol–water partition coefficient (Wildman–Crippen LogP) is -1.73. The van der Waals surface area contributed by atoms with E-state index in [-0.39, 0.29) is 5.82 Å². The minimum absolute atomic E-state index is 0.205. The van der Waals surface area contributed by atoms with Crippen molar-refractivity contribution in [1.82, 2.24) is 24.8 Å². The van der Waals surface area contributed by atoms with Gasteiger partial charge in [0.15, 0.2) is 17.7 Å². The quantitative estimate of drug-likeness (QED) is 0.398. The maximum absolute atomic E-state index is 12.3. The zero-order valence-corrected chi connectivity index (χ0v) is 14.3. The second-order valence-electron chi connectivity index (χ2n) is 6.25. The van der Waals surface area contributed by atoms with E-state index in [4.69, 9.17) is 16.2 Å².